The maximum atomic E-state index is 4.07. The molecule has 0 saturated heterocycles. The molecule has 0 amide bonds. The van der Waals surface area contributed by atoms with Crippen molar-refractivity contribution in [1.29, 1.82) is 0 Å². The lowest BCUT2D eigenvalue weighted by atomic mass is 10.2. The highest BCUT2D eigenvalue weighted by Crippen LogP contribution is 2.10. The van der Waals surface area contributed by atoms with Crippen LogP contribution in [0.2, 0.25) is 0 Å². The number of fused-ring (bicyclic) bond motifs is 1. The lowest BCUT2D eigenvalue weighted by Gasteiger charge is -1.96. The van der Waals surface area contributed by atoms with Crippen molar-refractivity contribution in [3.63, 3.8) is 0 Å². The van der Waals surface area contributed by atoms with Crippen LogP contribution in [0.15, 0.2) is 24.8 Å². The van der Waals surface area contributed by atoms with Crippen LogP contribution in [0, 0.1) is 6.92 Å². The minimum Gasteiger partial charge on any atom is -0.262 e. The van der Waals surface area contributed by atoms with E-state index in [0.29, 0.717) is 0 Å². The summed E-state index contributed by atoms with van der Waals surface area (Å²) in [6.07, 6.45) is 5.04. The molecule has 0 N–H and O–H groups in total. The lowest BCUT2D eigenvalue weighted by Crippen LogP contribution is -1.86. The number of hydrogen-bond acceptors (Lipinski definition) is 3. The molecule has 0 bridgehead atoms. The summed E-state index contributed by atoms with van der Waals surface area (Å²) in [4.78, 5) is 14.1. The van der Waals surface area contributed by atoms with Gasteiger partial charge in [0.05, 0.1) is 11.7 Å². The molecule has 82 valence electrons. The predicted octanol–water partition coefficient (Wildman–Crippen LogP) is 3.41. The van der Waals surface area contributed by atoms with Crippen LogP contribution in [0.1, 0.15) is 19.5 Å². The molecular weight excluding hydrogens is 301 g/mol. The summed E-state index contributed by atoms with van der Waals surface area (Å²) in [6.45, 7) is 5.96. The number of aromatic nitrogens is 3. The van der Waals surface area contributed by atoms with E-state index in [-0.39, 0.29) is 0 Å². The average molecular weight is 317 g/mol. The maximum Gasteiger partial charge on any atom is 0.116 e. The van der Waals surface area contributed by atoms with Crippen LogP contribution in [-0.2, 0) is 0 Å². The van der Waals surface area contributed by atoms with E-state index in [1.165, 1.54) is 0 Å². The van der Waals surface area contributed by atoms with Gasteiger partial charge in [0.15, 0.2) is 0 Å². The van der Waals surface area contributed by atoms with Crippen molar-refractivity contribution in [3.8, 4) is 0 Å². The molecule has 0 atom stereocenters. The van der Waals surface area contributed by atoms with E-state index < -0.39 is 0 Å². The van der Waals surface area contributed by atoms with Crippen LogP contribution in [0.25, 0.3) is 10.9 Å². The predicted molar refractivity (Wildman–Crippen MR) is 73.4 cm³/mol. The molecule has 0 aromatic carbocycles. The van der Waals surface area contributed by atoms with Gasteiger partial charge in [-0.3, -0.25) is 4.98 Å². The summed E-state index contributed by atoms with van der Waals surface area (Å²) < 4.78 is 0. The van der Waals surface area contributed by atoms with Crippen LogP contribution in [-0.4, -0.2) is 19.9 Å². The van der Waals surface area contributed by atoms with Gasteiger partial charge < -0.3 is 0 Å². The summed E-state index contributed by atoms with van der Waals surface area (Å²) >= 11 is 2.15. The number of rotatable bonds is 0. The number of halogens is 1. The molecule has 0 radical (unpaired) electrons. The fourth-order valence-corrected chi connectivity index (χ4v) is 1.04. The van der Waals surface area contributed by atoms with Gasteiger partial charge in [0, 0.05) is 17.3 Å². The molecule has 2 heterocycles. The molecule has 0 aliphatic rings. The molecule has 0 spiro atoms. The van der Waals surface area contributed by atoms with E-state index in [0.717, 1.165) is 16.6 Å². The minimum atomic E-state index is 0.903. The van der Waals surface area contributed by atoms with Crippen molar-refractivity contribution in [2.45, 2.75) is 20.8 Å². The van der Waals surface area contributed by atoms with E-state index in [1.807, 2.05) is 31.8 Å². The van der Waals surface area contributed by atoms with Crippen molar-refractivity contribution < 1.29 is 0 Å². The second kappa shape index (κ2) is 8.52. The highest BCUT2D eigenvalue weighted by Gasteiger charge is 1.95. The zero-order chi connectivity index (χ0) is 11.7. The molecule has 3 nitrogen and oxygen atoms in total. The summed E-state index contributed by atoms with van der Waals surface area (Å²) in [5, 5.41) is 1.07. The molecule has 0 aliphatic heterocycles. The molecule has 15 heavy (non-hydrogen) atoms. The molecule has 0 unspecified atom stereocenters. The van der Waals surface area contributed by atoms with Gasteiger partial charge in [0.2, 0.25) is 0 Å². The molecular formula is C11H16IN3. The van der Waals surface area contributed by atoms with Gasteiger partial charge in [-0.15, -0.1) is 0 Å². The van der Waals surface area contributed by atoms with Gasteiger partial charge in [-0.05, 0) is 17.9 Å². The Morgan fingerprint density at radius 2 is 1.80 bits per heavy atom. The van der Waals surface area contributed by atoms with Crippen LogP contribution >= 0.6 is 22.6 Å². The standard InChI is InChI=1S/C8H7N3.C2H6.CH3I/c1-6-7-2-3-9-4-8(7)11-5-10-6;2*1-2/h2-5H,1H3;1-2H3;1H3. The van der Waals surface area contributed by atoms with Gasteiger partial charge >= 0.3 is 0 Å². The Morgan fingerprint density at radius 1 is 1.13 bits per heavy atom. The SMILES string of the molecule is CC.CI.Cc1ncnc2cnccc12. The number of nitrogens with zero attached hydrogens (tertiary/aromatic N) is 3. The Kier molecular flexibility index (Phi) is 8.08. The van der Waals surface area contributed by atoms with E-state index in [2.05, 4.69) is 37.5 Å². The minimum absolute atomic E-state index is 0.903. The smallest absolute Gasteiger partial charge is 0.116 e. The van der Waals surface area contributed by atoms with E-state index in [4.69, 9.17) is 0 Å². The maximum absolute atomic E-state index is 4.07. The fourth-order valence-electron chi connectivity index (χ4n) is 1.04. The third-order valence-corrected chi connectivity index (χ3v) is 1.64. The van der Waals surface area contributed by atoms with Gasteiger partial charge in [-0.25, -0.2) is 9.97 Å². The normalized spacial score (nSPS) is 8.33. The number of alkyl halides is 1. The zero-order valence-corrected chi connectivity index (χ0v) is 11.7. The third-order valence-electron chi connectivity index (χ3n) is 1.64. The number of aryl methyl sites for hydroxylation is 1. The second-order valence-corrected chi connectivity index (χ2v) is 2.35. The monoisotopic (exact) mass is 317 g/mol. The fraction of sp³-hybridized carbons (Fsp3) is 0.364. The van der Waals surface area contributed by atoms with E-state index in [9.17, 15) is 0 Å². The van der Waals surface area contributed by atoms with E-state index in [1.54, 1.807) is 18.7 Å². The second-order valence-electron chi connectivity index (χ2n) is 2.35. The zero-order valence-electron chi connectivity index (χ0n) is 9.53. The average Bonchev–Trinajstić information content (AvgIpc) is 2.35. The Balaban J connectivity index is 0.000000442. The molecule has 4 heteroatoms. The van der Waals surface area contributed by atoms with Crippen LogP contribution < -0.4 is 0 Å². The quantitative estimate of drug-likeness (QED) is 0.552. The first-order chi connectivity index (χ1) is 7.38. The summed E-state index contributed by atoms with van der Waals surface area (Å²) in [7, 11) is 0. The molecule has 2 aromatic heterocycles. The van der Waals surface area contributed by atoms with E-state index >= 15 is 0 Å². The summed E-state index contributed by atoms with van der Waals surface area (Å²) in [5.41, 5.74) is 1.90. The molecule has 0 fully saturated rings. The first-order valence-electron chi connectivity index (χ1n) is 4.77. The van der Waals surface area contributed by atoms with Gasteiger partial charge in [-0.1, -0.05) is 36.4 Å². The Hall–Kier alpha value is -0.780. The van der Waals surface area contributed by atoms with Gasteiger partial charge in [0.25, 0.3) is 0 Å². The topological polar surface area (TPSA) is 38.7 Å². The highest BCUT2D eigenvalue weighted by atomic mass is 127. The van der Waals surface area contributed by atoms with Crippen molar-refractivity contribution >= 4 is 33.5 Å². The molecule has 0 saturated carbocycles. The van der Waals surface area contributed by atoms with Crippen molar-refractivity contribution in [3.05, 3.63) is 30.5 Å². The van der Waals surface area contributed by atoms with Crippen LogP contribution in [0.3, 0.4) is 0 Å². The molecule has 2 aromatic rings. The van der Waals surface area contributed by atoms with Gasteiger partial charge in [-0.2, -0.15) is 0 Å². The highest BCUT2D eigenvalue weighted by molar-refractivity contribution is 14.1. The van der Waals surface area contributed by atoms with Crippen molar-refractivity contribution in [2.24, 2.45) is 0 Å². The summed E-state index contributed by atoms with van der Waals surface area (Å²) in [5.74, 6) is 0. The van der Waals surface area contributed by atoms with Crippen LogP contribution in [0.5, 0.6) is 0 Å². The third kappa shape index (κ3) is 4.07. The summed E-state index contributed by atoms with van der Waals surface area (Å²) in [6, 6.07) is 1.92. The lowest BCUT2D eigenvalue weighted by molar-refractivity contribution is 1.14. The van der Waals surface area contributed by atoms with Crippen LogP contribution in [0.4, 0.5) is 0 Å². The van der Waals surface area contributed by atoms with Crippen molar-refractivity contribution in [2.75, 3.05) is 4.93 Å². The molecule has 2 rings (SSSR count). The van der Waals surface area contributed by atoms with Gasteiger partial charge in [0.1, 0.15) is 6.33 Å². The Bertz CT molecular complexity index is 385. The Morgan fingerprint density at radius 3 is 2.40 bits per heavy atom. The van der Waals surface area contributed by atoms with Crippen molar-refractivity contribution in [1.82, 2.24) is 15.0 Å². The molecule has 0 aliphatic carbocycles. The first-order valence-corrected chi connectivity index (χ1v) is 6.93. The largest absolute Gasteiger partial charge is 0.262 e. The Labute approximate surface area is 105 Å². The first kappa shape index (κ1) is 14.2. The number of pyridine rings is 1. The number of hydrogen-bond donors (Lipinski definition) is 0.